The SMILES string of the molecule is C=CCO[C@@]12Oc3ccc(OCCN4CC4)cc3[C@H]3[C@H](CCCCO)[C@@H](CCCCO)C=C(C(=NOCC)C[C@@H]1N(C)C(=O)OCC)[C@H]32. The Morgan fingerprint density at radius 1 is 1.15 bits per heavy atom. The number of carbonyl (C=O) groups excluding carboxylic acids is 1. The van der Waals surface area contributed by atoms with E-state index in [0.29, 0.717) is 31.8 Å². The number of ether oxygens (including phenoxy) is 4. The standard InChI is InChI=1S/C37H55N3O8/c1-5-21-46-37-33(39(4)36(43)44-6-2)25-31(38-47-7-3)29-23-26(12-8-10-19-41)28(13-9-11-20-42)34(35(29)37)30-24-27(14-15-32(30)48-37)45-22-18-40-16-17-40/h5,14-15,23-24,26,28,33-35,41-42H,1,6-13,16-22,25H2,2-4H3/t26-,28+,33-,34+,35+,37+/m0/s1. The molecule has 11 heteroatoms. The summed E-state index contributed by atoms with van der Waals surface area (Å²) in [5.41, 5.74) is 2.82. The summed E-state index contributed by atoms with van der Waals surface area (Å²) >= 11 is 0. The summed E-state index contributed by atoms with van der Waals surface area (Å²) in [5.74, 6) is 0.114. The van der Waals surface area contributed by atoms with E-state index in [0.717, 1.165) is 74.3 Å². The number of rotatable bonds is 19. The number of aliphatic hydroxyl groups is 2. The fraction of sp³-hybridized carbons (Fsp3) is 0.676. The number of amides is 1. The molecule has 1 amide bonds. The van der Waals surface area contributed by atoms with Crippen LogP contribution in [0, 0.1) is 17.8 Å². The van der Waals surface area contributed by atoms with Gasteiger partial charge in [0, 0.05) is 57.8 Å². The highest BCUT2D eigenvalue weighted by Gasteiger charge is 2.65. The number of oxime groups is 1. The van der Waals surface area contributed by atoms with Gasteiger partial charge in [0.1, 0.15) is 30.8 Å². The van der Waals surface area contributed by atoms with Crippen LogP contribution in [-0.4, -0.2) is 110 Å². The lowest BCUT2D eigenvalue weighted by Gasteiger charge is -2.59. The number of nitrogens with zero attached hydrogens (tertiary/aromatic N) is 3. The number of fused-ring (bicyclic) bond motifs is 2. The van der Waals surface area contributed by atoms with E-state index in [4.69, 9.17) is 23.8 Å². The second-order valence-electron chi connectivity index (χ2n) is 13.2. The molecule has 1 aromatic rings. The van der Waals surface area contributed by atoms with Crippen LogP contribution in [0.25, 0.3) is 0 Å². The molecule has 0 aromatic heterocycles. The molecule has 48 heavy (non-hydrogen) atoms. The molecule has 2 N–H and O–H groups in total. The smallest absolute Gasteiger partial charge is 0.409 e. The molecular formula is C37H55N3O8. The van der Waals surface area contributed by atoms with Gasteiger partial charge in [-0.25, -0.2) is 4.79 Å². The van der Waals surface area contributed by atoms with E-state index in [1.54, 1.807) is 24.9 Å². The molecule has 5 rings (SSSR count). The molecule has 2 aliphatic heterocycles. The summed E-state index contributed by atoms with van der Waals surface area (Å²) in [7, 11) is 1.73. The van der Waals surface area contributed by atoms with Crippen molar-refractivity contribution < 1.29 is 38.8 Å². The van der Waals surface area contributed by atoms with Crippen molar-refractivity contribution in [2.24, 2.45) is 22.9 Å². The summed E-state index contributed by atoms with van der Waals surface area (Å²) in [4.78, 5) is 23.0. The number of hydrogen-bond donors (Lipinski definition) is 2. The van der Waals surface area contributed by atoms with E-state index in [-0.39, 0.29) is 50.1 Å². The van der Waals surface area contributed by atoms with Gasteiger partial charge < -0.3 is 38.9 Å². The van der Waals surface area contributed by atoms with Gasteiger partial charge in [0.25, 0.3) is 0 Å². The molecule has 0 spiro atoms. The van der Waals surface area contributed by atoms with Gasteiger partial charge in [-0.05, 0) is 75.1 Å². The fourth-order valence-electron chi connectivity index (χ4n) is 7.90. The Morgan fingerprint density at radius 3 is 2.60 bits per heavy atom. The Hall–Kier alpha value is -3.12. The summed E-state index contributed by atoms with van der Waals surface area (Å²) in [5, 5.41) is 24.1. The Morgan fingerprint density at radius 2 is 1.92 bits per heavy atom. The van der Waals surface area contributed by atoms with Gasteiger partial charge in [0.15, 0.2) is 0 Å². The Bertz CT molecular complexity index is 1300. The number of hydrogen-bond acceptors (Lipinski definition) is 10. The van der Waals surface area contributed by atoms with E-state index < -0.39 is 17.9 Å². The van der Waals surface area contributed by atoms with Gasteiger partial charge >= 0.3 is 6.09 Å². The van der Waals surface area contributed by atoms with E-state index >= 15 is 0 Å². The third kappa shape index (κ3) is 7.85. The third-order valence-corrected chi connectivity index (χ3v) is 10.2. The molecule has 11 nitrogen and oxygen atoms in total. The van der Waals surface area contributed by atoms with Gasteiger partial charge in [-0.15, -0.1) is 6.58 Å². The molecule has 6 atom stereocenters. The van der Waals surface area contributed by atoms with Crippen molar-refractivity contribution in [2.75, 3.05) is 66.3 Å². The highest BCUT2D eigenvalue weighted by Crippen LogP contribution is 2.61. The van der Waals surface area contributed by atoms with Crippen LogP contribution in [0.2, 0.25) is 0 Å². The van der Waals surface area contributed by atoms with E-state index in [2.05, 4.69) is 28.8 Å². The van der Waals surface area contributed by atoms with Crippen LogP contribution in [0.5, 0.6) is 11.5 Å². The average Bonchev–Trinajstić information content (AvgIpc) is 3.92. The summed E-state index contributed by atoms with van der Waals surface area (Å²) in [6, 6.07) is 5.47. The zero-order valence-corrected chi connectivity index (χ0v) is 29.0. The predicted molar refractivity (Wildman–Crippen MR) is 183 cm³/mol. The number of likely N-dealkylation sites (N-methyl/N-ethyl adjacent to an activating group) is 1. The first-order chi connectivity index (χ1) is 23.4. The van der Waals surface area contributed by atoms with Gasteiger partial charge in [-0.1, -0.05) is 30.1 Å². The van der Waals surface area contributed by atoms with E-state index in [1.165, 1.54) is 0 Å². The minimum absolute atomic E-state index is 0.0858. The molecular weight excluding hydrogens is 614 g/mol. The average molecular weight is 670 g/mol. The molecule has 266 valence electrons. The van der Waals surface area contributed by atoms with Gasteiger partial charge in [0.05, 0.1) is 24.8 Å². The molecule has 0 bridgehead atoms. The van der Waals surface area contributed by atoms with Crippen molar-refractivity contribution in [3.63, 3.8) is 0 Å². The molecule has 1 aromatic carbocycles. The quantitative estimate of drug-likeness (QED) is 0.0895. The number of unbranched alkanes of at least 4 members (excludes halogenated alkanes) is 2. The minimum atomic E-state index is -1.28. The van der Waals surface area contributed by atoms with E-state index in [1.807, 2.05) is 19.1 Å². The Balaban J connectivity index is 1.70. The van der Waals surface area contributed by atoms with Crippen molar-refractivity contribution in [3.05, 3.63) is 48.1 Å². The predicted octanol–water partition coefficient (Wildman–Crippen LogP) is 5.12. The lowest BCUT2D eigenvalue weighted by Crippen LogP contribution is -2.69. The zero-order valence-electron chi connectivity index (χ0n) is 29.0. The Labute approximate surface area is 285 Å². The van der Waals surface area contributed by atoms with Gasteiger partial charge in [-0.3, -0.25) is 4.90 Å². The van der Waals surface area contributed by atoms with Crippen molar-refractivity contribution in [1.29, 1.82) is 0 Å². The molecule has 2 fully saturated rings. The molecule has 2 aliphatic carbocycles. The molecule has 0 unspecified atom stereocenters. The molecule has 1 saturated carbocycles. The first-order valence-electron chi connectivity index (χ1n) is 17.9. The monoisotopic (exact) mass is 669 g/mol. The fourth-order valence-corrected chi connectivity index (χ4v) is 7.90. The maximum absolute atomic E-state index is 13.4. The lowest BCUT2D eigenvalue weighted by atomic mass is 9.55. The van der Waals surface area contributed by atoms with Crippen LogP contribution in [-0.2, 0) is 14.3 Å². The second kappa shape index (κ2) is 17.0. The number of aliphatic hydroxyl groups excluding tert-OH is 2. The zero-order chi connectivity index (χ0) is 34.1. The second-order valence-corrected chi connectivity index (χ2v) is 13.2. The highest BCUT2D eigenvalue weighted by molar-refractivity contribution is 6.02. The van der Waals surface area contributed by atoms with Gasteiger partial charge in [0.2, 0.25) is 5.79 Å². The summed E-state index contributed by atoms with van der Waals surface area (Å²) < 4.78 is 25.7. The van der Waals surface area contributed by atoms with Crippen molar-refractivity contribution in [1.82, 2.24) is 9.80 Å². The van der Waals surface area contributed by atoms with Crippen molar-refractivity contribution >= 4 is 11.8 Å². The van der Waals surface area contributed by atoms with Crippen molar-refractivity contribution in [3.8, 4) is 11.5 Å². The molecule has 0 radical (unpaired) electrons. The van der Waals surface area contributed by atoms with Crippen LogP contribution >= 0.6 is 0 Å². The number of carbonyl (C=O) groups is 1. The topological polar surface area (TPSA) is 122 Å². The molecule has 4 aliphatic rings. The number of allylic oxidation sites excluding steroid dienone is 1. The maximum atomic E-state index is 13.4. The Kier molecular flexibility index (Phi) is 12.8. The van der Waals surface area contributed by atoms with Crippen LogP contribution in [0.3, 0.4) is 0 Å². The molecule has 2 heterocycles. The normalized spacial score (nSPS) is 28.1. The van der Waals surface area contributed by atoms with Crippen LogP contribution < -0.4 is 9.47 Å². The van der Waals surface area contributed by atoms with Crippen LogP contribution in [0.4, 0.5) is 4.79 Å². The summed E-state index contributed by atoms with van der Waals surface area (Å²) in [6.07, 6.45) is 8.87. The minimum Gasteiger partial charge on any atom is -0.492 e. The van der Waals surface area contributed by atoms with Crippen LogP contribution in [0.15, 0.2) is 47.7 Å². The van der Waals surface area contributed by atoms with Crippen molar-refractivity contribution in [2.45, 2.75) is 76.5 Å². The first-order valence-corrected chi connectivity index (χ1v) is 17.9. The molecule has 1 saturated heterocycles. The maximum Gasteiger partial charge on any atom is 0.409 e. The van der Waals surface area contributed by atoms with Crippen LogP contribution in [0.1, 0.15) is 70.3 Å². The van der Waals surface area contributed by atoms with E-state index in [9.17, 15) is 15.0 Å². The lowest BCUT2D eigenvalue weighted by molar-refractivity contribution is -0.253. The summed E-state index contributed by atoms with van der Waals surface area (Å²) in [6.45, 7) is 12.5. The largest absolute Gasteiger partial charge is 0.492 e. The van der Waals surface area contributed by atoms with Gasteiger partial charge in [-0.2, -0.15) is 0 Å². The number of benzene rings is 1. The highest BCUT2D eigenvalue weighted by atomic mass is 16.7. The third-order valence-electron chi connectivity index (χ3n) is 10.2. The first kappa shape index (κ1) is 36.2.